The second-order valence-electron chi connectivity index (χ2n) is 5.00. The molecule has 0 spiro atoms. The third-order valence-electron chi connectivity index (χ3n) is 3.18. The Morgan fingerprint density at radius 3 is 2.45 bits per heavy atom. The molecule has 1 N–H and O–H groups in total. The van der Waals surface area contributed by atoms with Gasteiger partial charge in [0.2, 0.25) is 0 Å². The first kappa shape index (κ1) is 17.1. The van der Waals surface area contributed by atoms with Gasteiger partial charge in [-0.15, -0.1) is 0 Å². The highest BCUT2D eigenvalue weighted by atomic mass is 32.2. The zero-order chi connectivity index (χ0) is 15.0. The highest BCUT2D eigenvalue weighted by molar-refractivity contribution is 7.92. The standard InChI is InChI=1S/C15H25NO3S/c1-4-19-12-15-8-6-5-7-14(15)11-16-9-10-20(17,18)13(2)3/h5-8,13,16H,4,9-12H2,1-3H3. The van der Waals surface area contributed by atoms with Crippen LogP contribution in [0.4, 0.5) is 0 Å². The number of sulfone groups is 1. The van der Waals surface area contributed by atoms with Gasteiger partial charge >= 0.3 is 0 Å². The van der Waals surface area contributed by atoms with Gasteiger partial charge in [-0.05, 0) is 31.9 Å². The van der Waals surface area contributed by atoms with E-state index in [1.807, 2.05) is 31.2 Å². The largest absolute Gasteiger partial charge is 0.377 e. The summed E-state index contributed by atoms with van der Waals surface area (Å²) >= 11 is 0. The smallest absolute Gasteiger partial charge is 0.153 e. The fourth-order valence-electron chi connectivity index (χ4n) is 1.76. The van der Waals surface area contributed by atoms with Crippen LogP contribution in [0.2, 0.25) is 0 Å². The van der Waals surface area contributed by atoms with Crippen molar-refractivity contribution < 1.29 is 13.2 Å². The van der Waals surface area contributed by atoms with Crippen LogP contribution in [0.1, 0.15) is 31.9 Å². The second-order valence-corrected chi connectivity index (χ2v) is 7.68. The highest BCUT2D eigenvalue weighted by Crippen LogP contribution is 2.10. The SMILES string of the molecule is CCOCc1ccccc1CNCCS(=O)(=O)C(C)C. The predicted octanol–water partition coefficient (Wildman–Crippen LogP) is 2.14. The fourth-order valence-corrected chi connectivity index (χ4v) is 2.66. The van der Waals surface area contributed by atoms with Gasteiger partial charge in [-0.3, -0.25) is 0 Å². The summed E-state index contributed by atoms with van der Waals surface area (Å²) in [7, 11) is -2.96. The molecule has 4 nitrogen and oxygen atoms in total. The lowest BCUT2D eigenvalue weighted by atomic mass is 10.1. The number of hydrogen-bond donors (Lipinski definition) is 1. The summed E-state index contributed by atoms with van der Waals surface area (Å²) in [4.78, 5) is 0. The van der Waals surface area contributed by atoms with Crippen LogP contribution in [0.3, 0.4) is 0 Å². The average molecular weight is 299 g/mol. The van der Waals surface area contributed by atoms with Crippen molar-refractivity contribution >= 4 is 9.84 Å². The molecule has 0 aliphatic heterocycles. The van der Waals surface area contributed by atoms with Crippen molar-refractivity contribution in [2.24, 2.45) is 0 Å². The summed E-state index contributed by atoms with van der Waals surface area (Å²) in [6, 6.07) is 8.05. The molecule has 1 aromatic carbocycles. The maximum Gasteiger partial charge on any atom is 0.153 e. The van der Waals surface area contributed by atoms with Crippen molar-refractivity contribution in [1.82, 2.24) is 5.32 Å². The van der Waals surface area contributed by atoms with E-state index in [0.29, 0.717) is 26.3 Å². The van der Waals surface area contributed by atoms with Gasteiger partial charge in [0.05, 0.1) is 17.6 Å². The monoisotopic (exact) mass is 299 g/mol. The minimum absolute atomic E-state index is 0.179. The van der Waals surface area contributed by atoms with E-state index in [2.05, 4.69) is 5.32 Å². The van der Waals surface area contributed by atoms with Crippen LogP contribution < -0.4 is 5.32 Å². The van der Waals surface area contributed by atoms with E-state index in [9.17, 15) is 8.42 Å². The topological polar surface area (TPSA) is 55.4 Å². The Labute approximate surface area is 122 Å². The summed E-state index contributed by atoms with van der Waals surface area (Å²) in [6.07, 6.45) is 0. The molecule has 0 amide bonds. The van der Waals surface area contributed by atoms with Gasteiger partial charge in [-0.1, -0.05) is 24.3 Å². The molecule has 114 valence electrons. The Bertz CT molecular complexity index is 498. The zero-order valence-corrected chi connectivity index (χ0v) is 13.4. The average Bonchev–Trinajstić information content (AvgIpc) is 2.42. The molecule has 0 bridgehead atoms. The molecule has 0 aliphatic rings. The number of rotatable bonds is 9. The van der Waals surface area contributed by atoms with Crippen LogP contribution in [0.25, 0.3) is 0 Å². The molecule has 0 unspecified atom stereocenters. The predicted molar refractivity (Wildman–Crippen MR) is 82.4 cm³/mol. The summed E-state index contributed by atoms with van der Waals surface area (Å²) in [6.45, 7) is 7.82. The summed E-state index contributed by atoms with van der Waals surface area (Å²) in [5.74, 6) is 0.179. The molecule has 0 heterocycles. The molecule has 0 fully saturated rings. The number of ether oxygens (including phenoxy) is 1. The van der Waals surface area contributed by atoms with E-state index in [4.69, 9.17) is 4.74 Å². The van der Waals surface area contributed by atoms with Crippen molar-refractivity contribution in [2.45, 2.75) is 39.2 Å². The molecule has 1 rings (SSSR count). The molecule has 0 aliphatic carbocycles. The first-order chi connectivity index (χ1) is 9.47. The van der Waals surface area contributed by atoms with E-state index in [-0.39, 0.29) is 11.0 Å². The quantitative estimate of drug-likeness (QED) is 0.710. The molecule has 0 aromatic heterocycles. The minimum Gasteiger partial charge on any atom is -0.377 e. The van der Waals surface area contributed by atoms with E-state index < -0.39 is 9.84 Å². The van der Waals surface area contributed by atoms with Gasteiger partial charge in [0.15, 0.2) is 9.84 Å². The van der Waals surface area contributed by atoms with Crippen LogP contribution in [0, 0.1) is 0 Å². The maximum atomic E-state index is 11.7. The normalized spacial score (nSPS) is 12.0. The van der Waals surface area contributed by atoms with Crippen molar-refractivity contribution in [2.75, 3.05) is 18.9 Å². The summed E-state index contributed by atoms with van der Waals surface area (Å²) in [5.41, 5.74) is 2.30. The fraction of sp³-hybridized carbons (Fsp3) is 0.600. The van der Waals surface area contributed by atoms with Crippen LogP contribution in [0.15, 0.2) is 24.3 Å². The number of hydrogen-bond acceptors (Lipinski definition) is 4. The first-order valence-electron chi connectivity index (χ1n) is 7.04. The summed E-state index contributed by atoms with van der Waals surface area (Å²) in [5, 5.41) is 2.88. The molecule has 20 heavy (non-hydrogen) atoms. The van der Waals surface area contributed by atoms with E-state index in [1.54, 1.807) is 13.8 Å². The van der Waals surface area contributed by atoms with E-state index in [1.165, 1.54) is 0 Å². The lowest BCUT2D eigenvalue weighted by molar-refractivity contribution is 0.133. The molecule has 0 saturated carbocycles. The van der Waals surface area contributed by atoms with Gasteiger partial charge in [-0.25, -0.2) is 8.42 Å². The van der Waals surface area contributed by atoms with Gasteiger partial charge in [-0.2, -0.15) is 0 Å². The Kier molecular flexibility index (Phi) is 7.19. The number of nitrogens with one attached hydrogen (secondary N) is 1. The van der Waals surface area contributed by atoms with Gasteiger partial charge < -0.3 is 10.1 Å². The zero-order valence-electron chi connectivity index (χ0n) is 12.6. The van der Waals surface area contributed by atoms with Crippen molar-refractivity contribution in [3.8, 4) is 0 Å². The Morgan fingerprint density at radius 2 is 1.85 bits per heavy atom. The van der Waals surface area contributed by atoms with Crippen molar-refractivity contribution in [3.63, 3.8) is 0 Å². The molecule has 1 aromatic rings. The minimum atomic E-state index is -2.96. The van der Waals surface area contributed by atoms with Crippen LogP contribution in [-0.4, -0.2) is 32.6 Å². The van der Waals surface area contributed by atoms with E-state index in [0.717, 1.165) is 11.1 Å². The first-order valence-corrected chi connectivity index (χ1v) is 8.75. The Balaban J connectivity index is 2.46. The van der Waals surface area contributed by atoms with Crippen LogP contribution in [-0.2, 0) is 27.7 Å². The molecule has 0 atom stereocenters. The highest BCUT2D eigenvalue weighted by Gasteiger charge is 2.14. The van der Waals surface area contributed by atoms with Gasteiger partial charge in [0.25, 0.3) is 0 Å². The molecular formula is C15H25NO3S. The molecule has 0 saturated heterocycles. The molecule has 0 radical (unpaired) electrons. The molecule has 5 heteroatoms. The maximum absolute atomic E-state index is 11.7. The van der Waals surface area contributed by atoms with Crippen LogP contribution >= 0.6 is 0 Å². The second kappa shape index (κ2) is 8.39. The Hall–Kier alpha value is -0.910. The van der Waals surface area contributed by atoms with Gasteiger partial charge in [0, 0.05) is 19.7 Å². The third kappa shape index (κ3) is 5.61. The van der Waals surface area contributed by atoms with Crippen molar-refractivity contribution in [1.29, 1.82) is 0 Å². The third-order valence-corrected chi connectivity index (χ3v) is 5.39. The van der Waals surface area contributed by atoms with Gasteiger partial charge in [0.1, 0.15) is 0 Å². The van der Waals surface area contributed by atoms with Crippen molar-refractivity contribution in [3.05, 3.63) is 35.4 Å². The summed E-state index contributed by atoms with van der Waals surface area (Å²) < 4.78 is 28.8. The number of benzene rings is 1. The van der Waals surface area contributed by atoms with E-state index >= 15 is 0 Å². The van der Waals surface area contributed by atoms with Crippen LogP contribution in [0.5, 0.6) is 0 Å². The molecular weight excluding hydrogens is 274 g/mol. The Morgan fingerprint density at radius 1 is 1.20 bits per heavy atom. The lowest BCUT2D eigenvalue weighted by Crippen LogP contribution is -2.27. The lowest BCUT2D eigenvalue weighted by Gasteiger charge is -2.11.